The van der Waals surface area contributed by atoms with E-state index >= 15 is 0 Å². The maximum Gasteiger partial charge on any atom is 0.120 e. The van der Waals surface area contributed by atoms with E-state index in [9.17, 15) is 0 Å². The largest absolute Gasteiger partial charge is 0.497 e. The van der Waals surface area contributed by atoms with Gasteiger partial charge in [-0.1, -0.05) is 76.6 Å². The van der Waals surface area contributed by atoms with Crippen LogP contribution in [0.4, 0.5) is 0 Å². The predicted octanol–water partition coefficient (Wildman–Crippen LogP) is 4.22. The number of rotatable bonds is 4. The average molecular weight is 371 g/mol. The molecule has 22 heavy (non-hydrogen) atoms. The van der Waals surface area contributed by atoms with Crippen molar-refractivity contribution in [1.29, 1.82) is 0 Å². The zero-order valence-electron chi connectivity index (χ0n) is 12.2. The minimum absolute atomic E-state index is 0.594. The van der Waals surface area contributed by atoms with Crippen molar-refractivity contribution in [1.82, 2.24) is 0 Å². The maximum atomic E-state index is 5.44. The van der Waals surface area contributed by atoms with Crippen LogP contribution in [0, 0.1) is 0 Å². The quantitative estimate of drug-likeness (QED) is 0.625. The third-order valence-electron chi connectivity index (χ3n) is 3.38. The second kappa shape index (κ2) is 7.09. The van der Waals surface area contributed by atoms with E-state index in [1.54, 1.807) is 7.11 Å². The van der Waals surface area contributed by atoms with Gasteiger partial charge >= 0.3 is 0 Å². The van der Waals surface area contributed by atoms with E-state index in [4.69, 9.17) is 4.74 Å². The molecule has 3 aromatic rings. The lowest BCUT2D eigenvalue weighted by Crippen LogP contribution is -2.20. The summed E-state index contributed by atoms with van der Waals surface area (Å²) in [5.74, 6) is 0.878. The zero-order valence-corrected chi connectivity index (χ0v) is 14.7. The Balaban J connectivity index is 2.16. The summed E-state index contributed by atoms with van der Waals surface area (Å²) in [5, 5.41) is 3.95. The van der Waals surface area contributed by atoms with Crippen LogP contribution in [-0.4, -0.2) is 7.11 Å². The Morgan fingerprint density at radius 2 is 1.27 bits per heavy atom. The molecular formula is C19H16BrOP. The minimum atomic E-state index is -0.594. The van der Waals surface area contributed by atoms with E-state index in [2.05, 4.69) is 88.7 Å². The molecule has 3 heteroatoms. The molecule has 0 saturated heterocycles. The maximum absolute atomic E-state index is 5.44. The lowest BCUT2D eigenvalue weighted by atomic mass is 10.3. The number of methoxy groups -OCH3 is 1. The highest BCUT2D eigenvalue weighted by Gasteiger charge is 2.17. The highest BCUT2D eigenvalue weighted by Crippen LogP contribution is 2.35. The van der Waals surface area contributed by atoms with Crippen molar-refractivity contribution in [2.45, 2.75) is 0 Å². The Morgan fingerprint density at radius 3 is 1.77 bits per heavy atom. The van der Waals surface area contributed by atoms with E-state index in [0.717, 1.165) is 10.2 Å². The van der Waals surface area contributed by atoms with Gasteiger partial charge in [-0.3, -0.25) is 0 Å². The lowest BCUT2D eigenvalue weighted by molar-refractivity contribution is 0.415. The summed E-state index contributed by atoms with van der Waals surface area (Å²) in [6.45, 7) is 0. The summed E-state index contributed by atoms with van der Waals surface area (Å²) >= 11 is 3.60. The Morgan fingerprint density at radius 1 is 0.727 bits per heavy atom. The lowest BCUT2D eigenvalue weighted by Gasteiger charge is -2.20. The van der Waals surface area contributed by atoms with Crippen LogP contribution in [-0.2, 0) is 0 Å². The van der Waals surface area contributed by atoms with Crippen LogP contribution in [0.5, 0.6) is 5.75 Å². The summed E-state index contributed by atoms with van der Waals surface area (Å²) in [7, 11) is 1.11. The van der Waals surface area contributed by atoms with Gasteiger partial charge in [-0.2, -0.15) is 0 Å². The monoisotopic (exact) mass is 370 g/mol. The Kier molecular flexibility index (Phi) is 4.92. The first-order valence-electron chi connectivity index (χ1n) is 7.03. The fourth-order valence-electron chi connectivity index (χ4n) is 2.40. The van der Waals surface area contributed by atoms with Crippen LogP contribution in [0.25, 0.3) is 0 Å². The van der Waals surface area contributed by atoms with Crippen molar-refractivity contribution < 1.29 is 4.74 Å². The summed E-state index contributed by atoms with van der Waals surface area (Å²) in [6.07, 6.45) is 0. The first-order chi connectivity index (χ1) is 10.8. The highest BCUT2D eigenvalue weighted by molar-refractivity contribution is 9.10. The summed E-state index contributed by atoms with van der Waals surface area (Å²) < 4.78 is 6.48. The van der Waals surface area contributed by atoms with Crippen molar-refractivity contribution in [3.8, 4) is 5.75 Å². The molecule has 1 nitrogen and oxygen atoms in total. The number of halogens is 1. The van der Waals surface area contributed by atoms with E-state index in [-0.39, 0.29) is 0 Å². The molecule has 3 rings (SSSR count). The van der Waals surface area contributed by atoms with Gasteiger partial charge in [-0.25, -0.2) is 0 Å². The van der Waals surface area contributed by atoms with Gasteiger partial charge in [-0.05, 0) is 42.0 Å². The fourth-order valence-corrected chi connectivity index (χ4v) is 5.40. The molecule has 0 heterocycles. The molecule has 3 aromatic carbocycles. The Hall–Kier alpha value is -1.63. The van der Waals surface area contributed by atoms with Crippen molar-refractivity contribution in [3.63, 3.8) is 0 Å². The van der Waals surface area contributed by atoms with Gasteiger partial charge in [0.2, 0.25) is 0 Å². The first-order valence-corrected chi connectivity index (χ1v) is 9.16. The third kappa shape index (κ3) is 3.40. The second-order valence-electron chi connectivity index (χ2n) is 4.86. The van der Waals surface area contributed by atoms with Gasteiger partial charge in [-0.15, -0.1) is 0 Å². The van der Waals surface area contributed by atoms with Gasteiger partial charge in [0, 0.05) is 4.47 Å². The molecule has 0 aliphatic rings. The van der Waals surface area contributed by atoms with Crippen molar-refractivity contribution in [2.24, 2.45) is 0 Å². The number of hydrogen-bond donors (Lipinski definition) is 0. The molecule has 0 amide bonds. The molecule has 0 spiro atoms. The van der Waals surface area contributed by atoms with Crippen LogP contribution >= 0.6 is 23.9 Å². The van der Waals surface area contributed by atoms with E-state index in [1.165, 1.54) is 15.9 Å². The average Bonchev–Trinajstić information content (AvgIpc) is 2.56. The van der Waals surface area contributed by atoms with E-state index in [0.29, 0.717) is 0 Å². The Bertz CT molecular complexity index is 704. The van der Waals surface area contributed by atoms with Gasteiger partial charge < -0.3 is 4.74 Å². The molecule has 0 aromatic heterocycles. The van der Waals surface area contributed by atoms with Gasteiger partial charge in [0.15, 0.2) is 0 Å². The number of benzene rings is 3. The van der Waals surface area contributed by atoms with E-state index < -0.39 is 7.92 Å². The first kappa shape index (κ1) is 15.3. The summed E-state index contributed by atoms with van der Waals surface area (Å²) in [4.78, 5) is 0. The van der Waals surface area contributed by atoms with Crippen LogP contribution in [0.2, 0.25) is 0 Å². The number of hydrogen-bond acceptors (Lipinski definition) is 1. The highest BCUT2D eigenvalue weighted by atomic mass is 79.9. The summed E-state index contributed by atoms with van der Waals surface area (Å²) in [6, 6.07) is 27.6. The topological polar surface area (TPSA) is 9.23 Å². The minimum Gasteiger partial charge on any atom is -0.497 e. The molecule has 0 saturated carbocycles. The molecule has 0 fully saturated rings. The van der Waals surface area contributed by atoms with Gasteiger partial charge in [0.1, 0.15) is 5.75 Å². The zero-order chi connectivity index (χ0) is 15.4. The van der Waals surface area contributed by atoms with Crippen molar-refractivity contribution in [2.75, 3.05) is 7.11 Å². The third-order valence-corrected chi connectivity index (χ3v) is 6.24. The van der Waals surface area contributed by atoms with Crippen LogP contribution < -0.4 is 20.7 Å². The van der Waals surface area contributed by atoms with Crippen molar-refractivity contribution in [3.05, 3.63) is 83.3 Å². The van der Waals surface area contributed by atoms with Crippen LogP contribution in [0.3, 0.4) is 0 Å². The molecule has 0 atom stereocenters. The molecule has 0 unspecified atom stereocenters. The molecule has 110 valence electrons. The van der Waals surface area contributed by atoms with Crippen LogP contribution in [0.1, 0.15) is 0 Å². The van der Waals surface area contributed by atoms with Gasteiger partial charge in [0.05, 0.1) is 7.11 Å². The molecule has 0 bridgehead atoms. The molecule has 0 aliphatic heterocycles. The standard InChI is InChI=1S/C19H16BrOP/c1-21-16-12-15(20)13-19(14-16)22(17-8-4-2-5-9-17)18-10-6-3-7-11-18/h2-14H,1H3. The SMILES string of the molecule is COc1cc(Br)cc(P(c2ccccc2)c2ccccc2)c1. The van der Waals surface area contributed by atoms with Gasteiger partial charge in [0.25, 0.3) is 0 Å². The smallest absolute Gasteiger partial charge is 0.120 e. The fraction of sp³-hybridized carbons (Fsp3) is 0.0526. The second-order valence-corrected chi connectivity index (χ2v) is 7.99. The molecule has 0 radical (unpaired) electrons. The molecule has 0 aliphatic carbocycles. The molecular weight excluding hydrogens is 355 g/mol. The molecule has 0 N–H and O–H groups in total. The van der Waals surface area contributed by atoms with Crippen molar-refractivity contribution >= 4 is 39.8 Å². The normalized spacial score (nSPS) is 10.7. The summed E-state index contributed by atoms with van der Waals surface area (Å²) in [5.41, 5.74) is 0. The number of ether oxygens (including phenoxy) is 1. The van der Waals surface area contributed by atoms with Crippen LogP contribution in [0.15, 0.2) is 83.3 Å². The Labute approximate surface area is 140 Å². The predicted molar refractivity (Wildman–Crippen MR) is 99.4 cm³/mol. The van der Waals surface area contributed by atoms with E-state index in [1.807, 2.05) is 6.07 Å².